The molecule has 1 atom stereocenters. The molecule has 6 heteroatoms. The Bertz CT molecular complexity index is 321. The minimum atomic E-state index is -3.02. The maximum Gasteiger partial charge on any atom is 0.151 e. The lowest BCUT2D eigenvalue weighted by Crippen LogP contribution is -2.43. The van der Waals surface area contributed by atoms with E-state index in [-0.39, 0.29) is 29.8 Å². The second-order valence-corrected chi connectivity index (χ2v) is 7.40. The molecule has 1 N–H and O–H groups in total. The summed E-state index contributed by atoms with van der Waals surface area (Å²) in [6.45, 7) is 2.67. The summed E-state index contributed by atoms with van der Waals surface area (Å²) in [5.41, 5.74) is 0. The largest absolute Gasteiger partial charge is 0.306 e. The molecule has 1 saturated heterocycles. The molecule has 0 aliphatic carbocycles. The van der Waals surface area contributed by atoms with Crippen molar-refractivity contribution in [1.82, 2.24) is 5.32 Å². The normalized spacial score (nSPS) is 21.9. The van der Waals surface area contributed by atoms with Crippen LogP contribution in [0.1, 0.15) is 19.8 Å². The van der Waals surface area contributed by atoms with Crippen molar-refractivity contribution in [3.8, 4) is 0 Å². The van der Waals surface area contributed by atoms with Crippen molar-refractivity contribution in [2.75, 3.05) is 29.6 Å². The summed E-state index contributed by atoms with van der Waals surface area (Å²) in [4.78, 5) is 11.7. The van der Waals surface area contributed by atoms with Crippen LogP contribution in [0.15, 0.2) is 0 Å². The highest BCUT2D eigenvalue weighted by molar-refractivity contribution is 7.99. The summed E-state index contributed by atoms with van der Waals surface area (Å²) < 4.78 is 22.9. The number of hydrogen-bond acceptors (Lipinski definition) is 5. The molecule has 0 radical (unpaired) electrons. The number of sulfone groups is 1. The zero-order chi connectivity index (χ0) is 12.0. The molecule has 94 valence electrons. The van der Waals surface area contributed by atoms with Gasteiger partial charge >= 0.3 is 0 Å². The Morgan fingerprint density at radius 1 is 1.44 bits per heavy atom. The predicted octanol–water partition coefficient (Wildman–Crippen LogP) is 0.475. The standard InChI is InChI=1S/C10H19NO3S2/c1-2-6-16(13,14)7-3-10(12)9-8-15-5-4-11-9/h9,11H,2-8H2,1H3. The predicted molar refractivity (Wildman–Crippen MR) is 67.7 cm³/mol. The molecule has 0 saturated carbocycles. The van der Waals surface area contributed by atoms with E-state index < -0.39 is 9.84 Å². The molecule has 0 aromatic heterocycles. The molecule has 4 nitrogen and oxygen atoms in total. The van der Waals surface area contributed by atoms with Crippen molar-refractivity contribution in [3.63, 3.8) is 0 Å². The Morgan fingerprint density at radius 3 is 2.75 bits per heavy atom. The van der Waals surface area contributed by atoms with Gasteiger partial charge in [-0.05, 0) is 6.42 Å². The molecule has 1 rings (SSSR count). The Labute approximate surface area is 101 Å². The summed E-state index contributed by atoms with van der Waals surface area (Å²) in [7, 11) is -3.02. The Morgan fingerprint density at radius 2 is 2.19 bits per heavy atom. The minimum absolute atomic E-state index is 0.00250. The molecule has 0 aromatic rings. The molecule has 0 bridgehead atoms. The maximum absolute atomic E-state index is 11.7. The van der Waals surface area contributed by atoms with Gasteiger partial charge in [0.15, 0.2) is 15.6 Å². The number of hydrogen-bond donors (Lipinski definition) is 1. The van der Waals surface area contributed by atoms with Crippen LogP contribution in [0.2, 0.25) is 0 Å². The van der Waals surface area contributed by atoms with Gasteiger partial charge in [-0.1, -0.05) is 6.92 Å². The number of thioether (sulfide) groups is 1. The number of Topliss-reactive ketones (excluding diaryl/α,β-unsaturated/α-hetero) is 1. The first-order chi connectivity index (χ1) is 7.55. The van der Waals surface area contributed by atoms with Gasteiger partial charge in [0.1, 0.15) is 0 Å². The van der Waals surface area contributed by atoms with Crippen LogP contribution in [0, 0.1) is 0 Å². The third-order valence-corrected chi connectivity index (χ3v) is 5.40. The Kier molecular flexibility index (Phi) is 5.78. The maximum atomic E-state index is 11.7. The molecule has 1 aliphatic heterocycles. The van der Waals surface area contributed by atoms with E-state index in [0.717, 1.165) is 18.1 Å². The first-order valence-corrected chi connectivity index (χ1v) is 8.57. The fourth-order valence-electron chi connectivity index (χ4n) is 1.62. The third kappa shape index (κ3) is 4.84. The molecule has 1 fully saturated rings. The van der Waals surface area contributed by atoms with Crippen LogP contribution in [0.5, 0.6) is 0 Å². The van der Waals surface area contributed by atoms with E-state index in [9.17, 15) is 13.2 Å². The zero-order valence-electron chi connectivity index (χ0n) is 9.57. The highest BCUT2D eigenvalue weighted by atomic mass is 32.2. The summed E-state index contributed by atoms with van der Waals surface area (Å²) >= 11 is 1.74. The fraction of sp³-hybridized carbons (Fsp3) is 0.900. The fourth-order valence-corrected chi connectivity index (χ4v) is 3.92. The SMILES string of the molecule is CCCS(=O)(=O)CCC(=O)C1CSCCN1. The third-order valence-electron chi connectivity index (χ3n) is 2.48. The number of carbonyl (C=O) groups is 1. The molecule has 1 heterocycles. The van der Waals surface area contributed by atoms with Crippen LogP contribution < -0.4 is 5.32 Å². The van der Waals surface area contributed by atoms with Gasteiger partial charge < -0.3 is 5.32 Å². The first-order valence-electron chi connectivity index (χ1n) is 5.59. The van der Waals surface area contributed by atoms with E-state index in [1.54, 1.807) is 11.8 Å². The zero-order valence-corrected chi connectivity index (χ0v) is 11.2. The van der Waals surface area contributed by atoms with Crippen LogP contribution in [-0.2, 0) is 14.6 Å². The Balaban J connectivity index is 2.34. The summed E-state index contributed by atoms with van der Waals surface area (Å²) in [5, 5.41) is 3.12. The smallest absolute Gasteiger partial charge is 0.151 e. The van der Waals surface area contributed by atoms with Crippen molar-refractivity contribution < 1.29 is 13.2 Å². The molecule has 16 heavy (non-hydrogen) atoms. The Hall–Kier alpha value is -0.0700. The average molecular weight is 265 g/mol. The average Bonchev–Trinajstić information content (AvgIpc) is 2.27. The van der Waals surface area contributed by atoms with Crippen LogP contribution in [0.3, 0.4) is 0 Å². The van der Waals surface area contributed by atoms with E-state index in [1.807, 2.05) is 6.92 Å². The van der Waals surface area contributed by atoms with E-state index in [0.29, 0.717) is 6.42 Å². The molecule has 0 aromatic carbocycles. The lowest BCUT2D eigenvalue weighted by Gasteiger charge is -2.21. The molecule has 1 aliphatic rings. The van der Waals surface area contributed by atoms with E-state index in [4.69, 9.17) is 0 Å². The highest BCUT2D eigenvalue weighted by Gasteiger charge is 2.22. The first kappa shape index (κ1) is 14.0. The van der Waals surface area contributed by atoms with E-state index in [1.165, 1.54) is 0 Å². The van der Waals surface area contributed by atoms with Gasteiger partial charge in [0.05, 0.1) is 11.8 Å². The number of ketones is 1. The molecular formula is C10H19NO3S2. The molecule has 0 spiro atoms. The molecular weight excluding hydrogens is 246 g/mol. The second kappa shape index (κ2) is 6.61. The van der Waals surface area contributed by atoms with Crippen LogP contribution in [0.25, 0.3) is 0 Å². The lowest BCUT2D eigenvalue weighted by atomic mass is 10.1. The highest BCUT2D eigenvalue weighted by Crippen LogP contribution is 2.10. The topological polar surface area (TPSA) is 63.2 Å². The van der Waals surface area contributed by atoms with Crippen molar-refractivity contribution >= 4 is 27.4 Å². The van der Waals surface area contributed by atoms with Gasteiger partial charge in [0.2, 0.25) is 0 Å². The van der Waals surface area contributed by atoms with Crippen LogP contribution >= 0.6 is 11.8 Å². The minimum Gasteiger partial charge on any atom is -0.306 e. The van der Waals surface area contributed by atoms with E-state index >= 15 is 0 Å². The second-order valence-electron chi connectivity index (χ2n) is 3.95. The van der Waals surface area contributed by atoms with Crippen molar-refractivity contribution in [2.24, 2.45) is 0 Å². The van der Waals surface area contributed by atoms with Crippen molar-refractivity contribution in [1.29, 1.82) is 0 Å². The van der Waals surface area contributed by atoms with Crippen molar-refractivity contribution in [3.05, 3.63) is 0 Å². The molecule has 1 unspecified atom stereocenters. The summed E-state index contributed by atoms with van der Waals surface area (Å²) in [5.74, 6) is 2.02. The van der Waals surface area contributed by atoms with E-state index in [2.05, 4.69) is 5.32 Å². The van der Waals surface area contributed by atoms with Gasteiger partial charge in [0, 0.05) is 30.2 Å². The van der Waals surface area contributed by atoms with Gasteiger partial charge in [0.25, 0.3) is 0 Å². The quantitative estimate of drug-likeness (QED) is 0.756. The lowest BCUT2D eigenvalue weighted by molar-refractivity contribution is -0.120. The number of carbonyl (C=O) groups excluding carboxylic acids is 1. The van der Waals surface area contributed by atoms with Crippen molar-refractivity contribution in [2.45, 2.75) is 25.8 Å². The van der Waals surface area contributed by atoms with Gasteiger partial charge in [-0.25, -0.2) is 8.42 Å². The van der Waals surface area contributed by atoms with Gasteiger partial charge in [-0.15, -0.1) is 0 Å². The summed E-state index contributed by atoms with van der Waals surface area (Å²) in [6, 6.07) is -0.143. The van der Waals surface area contributed by atoms with Crippen LogP contribution in [-0.4, -0.2) is 49.8 Å². The number of nitrogens with one attached hydrogen (secondary N) is 1. The van der Waals surface area contributed by atoms with Gasteiger partial charge in [-0.3, -0.25) is 4.79 Å². The van der Waals surface area contributed by atoms with Gasteiger partial charge in [-0.2, -0.15) is 11.8 Å². The monoisotopic (exact) mass is 265 g/mol. The summed E-state index contributed by atoms with van der Waals surface area (Å²) in [6.07, 6.45) is 0.772. The molecule has 0 amide bonds. The number of rotatable bonds is 6. The van der Waals surface area contributed by atoms with Crippen LogP contribution in [0.4, 0.5) is 0 Å².